The first kappa shape index (κ1) is 16.3. The molecule has 1 aliphatic rings. The molecule has 5 nitrogen and oxygen atoms in total. The van der Waals surface area contributed by atoms with E-state index in [-0.39, 0.29) is 5.91 Å². The minimum Gasteiger partial charge on any atom is -0.411 e. The summed E-state index contributed by atoms with van der Waals surface area (Å²) in [5.41, 5.74) is 0.810. The van der Waals surface area contributed by atoms with Crippen molar-refractivity contribution in [2.45, 2.75) is 25.0 Å². The van der Waals surface area contributed by atoms with Gasteiger partial charge in [-0.3, -0.25) is 4.79 Å². The van der Waals surface area contributed by atoms with Gasteiger partial charge < -0.3 is 9.32 Å². The molecule has 0 spiro atoms. The molecule has 1 aromatic heterocycles. The molecular formula is C16H18ClN3O2S. The monoisotopic (exact) mass is 351 g/mol. The lowest BCUT2D eigenvalue weighted by Gasteiger charge is -2.30. The van der Waals surface area contributed by atoms with E-state index in [1.807, 2.05) is 17.0 Å². The first-order chi connectivity index (χ1) is 11.1. The number of carbonyl (C=O) groups is 1. The average Bonchev–Trinajstić information content (AvgIpc) is 3.03. The quantitative estimate of drug-likeness (QED) is 0.785. The van der Waals surface area contributed by atoms with Crippen LogP contribution in [-0.2, 0) is 4.79 Å². The van der Waals surface area contributed by atoms with E-state index in [0.29, 0.717) is 27.8 Å². The molecule has 1 fully saturated rings. The molecule has 0 bridgehead atoms. The Morgan fingerprint density at radius 1 is 1.30 bits per heavy atom. The van der Waals surface area contributed by atoms with Crippen molar-refractivity contribution in [3.05, 3.63) is 29.3 Å². The van der Waals surface area contributed by atoms with Crippen molar-refractivity contribution in [3.63, 3.8) is 0 Å². The fourth-order valence-corrected chi connectivity index (χ4v) is 3.24. The number of benzene rings is 1. The van der Waals surface area contributed by atoms with E-state index >= 15 is 0 Å². The summed E-state index contributed by atoms with van der Waals surface area (Å²) < 4.78 is 5.59. The Kier molecular flexibility index (Phi) is 5.23. The fraction of sp³-hybridized carbons (Fsp3) is 0.438. The molecule has 1 amide bonds. The lowest BCUT2D eigenvalue weighted by atomic mass is 9.99. The van der Waals surface area contributed by atoms with Crippen LogP contribution >= 0.6 is 23.4 Å². The molecule has 0 aliphatic carbocycles. The van der Waals surface area contributed by atoms with Gasteiger partial charge in [-0.1, -0.05) is 30.3 Å². The van der Waals surface area contributed by atoms with Crippen LogP contribution in [0.2, 0.25) is 5.02 Å². The number of carbonyl (C=O) groups excluding carboxylic acids is 1. The number of hydrogen-bond acceptors (Lipinski definition) is 5. The third kappa shape index (κ3) is 4.26. The molecule has 7 heteroatoms. The molecule has 1 saturated heterocycles. The molecular weight excluding hydrogens is 334 g/mol. The van der Waals surface area contributed by atoms with E-state index in [1.165, 1.54) is 11.8 Å². The van der Waals surface area contributed by atoms with Gasteiger partial charge in [-0.25, -0.2) is 0 Å². The Labute approximate surface area is 144 Å². The van der Waals surface area contributed by atoms with E-state index in [1.54, 1.807) is 12.1 Å². The Morgan fingerprint density at radius 2 is 2.00 bits per heavy atom. The number of hydrogen-bond donors (Lipinski definition) is 0. The largest absolute Gasteiger partial charge is 0.411 e. The Morgan fingerprint density at radius 3 is 2.70 bits per heavy atom. The van der Waals surface area contributed by atoms with Crippen LogP contribution in [0.1, 0.15) is 19.8 Å². The van der Waals surface area contributed by atoms with Gasteiger partial charge in [0.05, 0.1) is 5.75 Å². The van der Waals surface area contributed by atoms with Crippen LogP contribution in [0.25, 0.3) is 11.5 Å². The van der Waals surface area contributed by atoms with Crippen LogP contribution in [0.15, 0.2) is 33.9 Å². The summed E-state index contributed by atoms with van der Waals surface area (Å²) in [6.45, 7) is 3.92. The van der Waals surface area contributed by atoms with Gasteiger partial charge >= 0.3 is 0 Å². The minimum absolute atomic E-state index is 0.133. The lowest BCUT2D eigenvalue weighted by molar-refractivity contribution is -0.129. The Balaban J connectivity index is 1.55. The van der Waals surface area contributed by atoms with E-state index in [2.05, 4.69) is 17.1 Å². The molecule has 23 heavy (non-hydrogen) atoms. The number of thioether (sulfide) groups is 1. The van der Waals surface area contributed by atoms with Gasteiger partial charge in [0.15, 0.2) is 0 Å². The number of rotatable bonds is 4. The number of halogens is 1. The number of aromatic nitrogens is 2. The zero-order valence-electron chi connectivity index (χ0n) is 12.9. The van der Waals surface area contributed by atoms with Crippen LogP contribution in [0.4, 0.5) is 0 Å². The second-order valence-electron chi connectivity index (χ2n) is 5.73. The van der Waals surface area contributed by atoms with Crippen LogP contribution in [0, 0.1) is 5.92 Å². The smallest absolute Gasteiger partial charge is 0.277 e. The van der Waals surface area contributed by atoms with Crippen molar-refractivity contribution >= 4 is 29.3 Å². The summed E-state index contributed by atoms with van der Waals surface area (Å²) >= 11 is 7.14. The Hall–Kier alpha value is -1.53. The van der Waals surface area contributed by atoms with Crippen molar-refractivity contribution in [2.24, 2.45) is 5.92 Å². The van der Waals surface area contributed by atoms with Crippen molar-refractivity contribution in [2.75, 3.05) is 18.8 Å². The molecule has 0 atom stereocenters. The molecule has 2 aromatic rings. The van der Waals surface area contributed by atoms with Crippen LogP contribution < -0.4 is 0 Å². The highest BCUT2D eigenvalue weighted by molar-refractivity contribution is 7.99. The minimum atomic E-state index is 0.133. The highest BCUT2D eigenvalue weighted by atomic mass is 35.5. The van der Waals surface area contributed by atoms with Crippen molar-refractivity contribution in [1.29, 1.82) is 0 Å². The Bertz CT molecular complexity index is 666. The highest BCUT2D eigenvalue weighted by Gasteiger charge is 2.21. The van der Waals surface area contributed by atoms with Crippen LogP contribution in [0.5, 0.6) is 0 Å². The van der Waals surface area contributed by atoms with Crippen molar-refractivity contribution in [1.82, 2.24) is 15.1 Å². The van der Waals surface area contributed by atoms with Crippen LogP contribution in [0.3, 0.4) is 0 Å². The molecule has 3 rings (SSSR count). The molecule has 0 radical (unpaired) electrons. The van der Waals surface area contributed by atoms with Crippen molar-refractivity contribution in [3.8, 4) is 11.5 Å². The normalized spacial score (nSPS) is 15.8. The molecule has 2 heterocycles. The lowest BCUT2D eigenvalue weighted by Crippen LogP contribution is -2.38. The molecule has 0 N–H and O–H groups in total. The number of nitrogens with zero attached hydrogens (tertiary/aromatic N) is 3. The van der Waals surface area contributed by atoms with Crippen molar-refractivity contribution < 1.29 is 9.21 Å². The maximum absolute atomic E-state index is 12.2. The maximum Gasteiger partial charge on any atom is 0.277 e. The van der Waals surface area contributed by atoms with E-state index in [0.717, 1.165) is 31.5 Å². The predicted molar refractivity (Wildman–Crippen MR) is 90.4 cm³/mol. The number of piperidine rings is 1. The molecule has 1 aromatic carbocycles. The van der Waals surface area contributed by atoms with E-state index in [4.69, 9.17) is 16.0 Å². The highest BCUT2D eigenvalue weighted by Crippen LogP contribution is 2.25. The molecule has 1 aliphatic heterocycles. The van der Waals surface area contributed by atoms with Gasteiger partial charge in [0.25, 0.3) is 5.22 Å². The first-order valence-electron chi connectivity index (χ1n) is 7.62. The predicted octanol–water partition coefficient (Wildman–Crippen LogP) is 3.74. The van der Waals surface area contributed by atoms with Gasteiger partial charge in [0, 0.05) is 23.7 Å². The summed E-state index contributed by atoms with van der Waals surface area (Å²) in [5.74, 6) is 1.61. The standard InChI is InChI=1S/C16H18ClN3O2S/c1-11-6-8-20(9-7-11)14(21)10-23-16-19-18-15(22-16)12-2-4-13(17)5-3-12/h2-5,11H,6-10H2,1H3. The number of amides is 1. The fourth-order valence-electron chi connectivity index (χ4n) is 2.45. The summed E-state index contributed by atoms with van der Waals surface area (Å²) in [6.07, 6.45) is 2.16. The van der Waals surface area contributed by atoms with E-state index in [9.17, 15) is 4.79 Å². The van der Waals surface area contributed by atoms with E-state index < -0.39 is 0 Å². The summed E-state index contributed by atoms with van der Waals surface area (Å²) in [6, 6.07) is 7.19. The second-order valence-corrected chi connectivity index (χ2v) is 7.10. The molecule has 122 valence electrons. The van der Waals surface area contributed by atoms with Crippen LogP contribution in [-0.4, -0.2) is 39.8 Å². The average molecular weight is 352 g/mol. The number of likely N-dealkylation sites (tertiary alicyclic amines) is 1. The zero-order chi connectivity index (χ0) is 16.2. The zero-order valence-corrected chi connectivity index (χ0v) is 14.4. The summed E-state index contributed by atoms with van der Waals surface area (Å²) in [5, 5.41) is 9.07. The van der Waals surface area contributed by atoms with Gasteiger partial charge in [-0.05, 0) is 43.0 Å². The van der Waals surface area contributed by atoms with Gasteiger partial charge in [-0.2, -0.15) is 0 Å². The van der Waals surface area contributed by atoms with Gasteiger partial charge in [-0.15, -0.1) is 10.2 Å². The third-order valence-corrected chi connectivity index (χ3v) is 5.01. The maximum atomic E-state index is 12.2. The second kappa shape index (κ2) is 7.36. The third-order valence-electron chi connectivity index (χ3n) is 3.95. The summed E-state index contributed by atoms with van der Waals surface area (Å²) in [4.78, 5) is 14.1. The molecule has 0 unspecified atom stereocenters. The summed E-state index contributed by atoms with van der Waals surface area (Å²) in [7, 11) is 0. The molecule has 0 saturated carbocycles. The van der Waals surface area contributed by atoms with Gasteiger partial charge in [0.2, 0.25) is 11.8 Å². The first-order valence-corrected chi connectivity index (χ1v) is 8.98. The topological polar surface area (TPSA) is 59.2 Å². The SMILES string of the molecule is CC1CCN(C(=O)CSc2nnc(-c3ccc(Cl)cc3)o2)CC1. The van der Waals surface area contributed by atoms with Gasteiger partial charge in [0.1, 0.15) is 0 Å².